The van der Waals surface area contributed by atoms with Gasteiger partial charge in [-0.1, -0.05) is 129 Å². The molecule has 8 rings (SSSR count). The third-order valence-electron chi connectivity index (χ3n) is 8.56. The van der Waals surface area contributed by atoms with Crippen molar-refractivity contribution in [1.29, 1.82) is 0 Å². The van der Waals surface area contributed by atoms with Crippen LogP contribution in [0.25, 0.3) is 61.1 Å². The van der Waals surface area contributed by atoms with Gasteiger partial charge in [0.15, 0.2) is 0 Å². The first-order valence-corrected chi connectivity index (χ1v) is 13.9. The standard InChI is InChI=1S/C38H28N2/c1-38(2)32-19-11-9-17-28(32)30-21-22-31-29-18-10-12-20-35(29)40(37(31)36(30)38)27-23-33(25-13-5-3-6-14-25)39-34(24-27)26-15-7-4-8-16-26/h3-24H,1-2H3. The van der Waals surface area contributed by atoms with Crippen molar-refractivity contribution in [2.75, 3.05) is 0 Å². The lowest BCUT2D eigenvalue weighted by Gasteiger charge is -2.24. The van der Waals surface area contributed by atoms with Gasteiger partial charge in [-0.15, -0.1) is 0 Å². The maximum Gasteiger partial charge on any atom is 0.0730 e. The molecule has 2 nitrogen and oxygen atoms in total. The SMILES string of the molecule is CC1(C)c2ccccc2-c2ccc3c4ccccc4n(-c4cc(-c5ccccc5)nc(-c5ccccc5)c4)c3c21. The number of hydrogen-bond donors (Lipinski definition) is 0. The van der Waals surface area contributed by atoms with Crippen LogP contribution in [-0.2, 0) is 5.41 Å². The highest BCUT2D eigenvalue weighted by molar-refractivity contribution is 6.13. The van der Waals surface area contributed by atoms with E-state index in [1.165, 1.54) is 44.1 Å². The number of hydrogen-bond acceptors (Lipinski definition) is 1. The molecule has 0 spiro atoms. The van der Waals surface area contributed by atoms with E-state index in [0.717, 1.165) is 28.2 Å². The maximum absolute atomic E-state index is 5.16. The number of nitrogens with zero attached hydrogens (tertiary/aromatic N) is 2. The van der Waals surface area contributed by atoms with E-state index in [1.807, 2.05) is 0 Å². The van der Waals surface area contributed by atoms with Gasteiger partial charge in [0, 0.05) is 27.3 Å². The molecule has 1 aliphatic rings. The van der Waals surface area contributed by atoms with Crippen LogP contribution < -0.4 is 0 Å². The van der Waals surface area contributed by atoms with Crippen molar-refractivity contribution >= 4 is 21.8 Å². The first kappa shape index (κ1) is 23.0. The fourth-order valence-corrected chi connectivity index (χ4v) is 6.74. The first-order chi connectivity index (χ1) is 19.6. The summed E-state index contributed by atoms with van der Waals surface area (Å²) in [4.78, 5) is 5.16. The normalized spacial score (nSPS) is 13.4. The smallest absolute Gasteiger partial charge is 0.0730 e. The van der Waals surface area contributed by atoms with Crippen LogP contribution in [0.2, 0.25) is 0 Å². The zero-order valence-electron chi connectivity index (χ0n) is 22.6. The molecule has 2 heteroatoms. The molecule has 0 unspecified atom stereocenters. The molecule has 2 aromatic heterocycles. The molecule has 0 N–H and O–H groups in total. The molecule has 0 saturated heterocycles. The summed E-state index contributed by atoms with van der Waals surface area (Å²) in [5.74, 6) is 0. The van der Waals surface area contributed by atoms with Crippen molar-refractivity contribution in [2.24, 2.45) is 0 Å². The molecule has 5 aromatic carbocycles. The molecular weight excluding hydrogens is 484 g/mol. The monoisotopic (exact) mass is 512 g/mol. The van der Waals surface area contributed by atoms with E-state index < -0.39 is 0 Å². The predicted octanol–water partition coefficient (Wildman–Crippen LogP) is 9.82. The number of benzene rings is 5. The predicted molar refractivity (Wildman–Crippen MR) is 167 cm³/mol. The molecule has 0 fully saturated rings. The van der Waals surface area contributed by atoms with E-state index >= 15 is 0 Å². The van der Waals surface area contributed by atoms with E-state index in [0.29, 0.717) is 0 Å². The molecule has 7 aromatic rings. The highest BCUT2D eigenvalue weighted by Crippen LogP contribution is 2.53. The van der Waals surface area contributed by atoms with Crippen molar-refractivity contribution in [2.45, 2.75) is 19.3 Å². The van der Waals surface area contributed by atoms with Gasteiger partial charge in [-0.25, -0.2) is 4.98 Å². The van der Waals surface area contributed by atoms with Crippen LogP contribution in [0, 0.1) is 0 Å². The molecule has 0 aliphatic heterocycles. The largest absolute Gasteiger partial charge is 0.309 e. The third-order valence-corrected chi connectivity index (χ3v) is 8.56. The summed E-state index contributed by atoms with van der Waals surface area (Å²) in [6, 6.07) is 47.9. The van der Waals surface area contributed by atoms with Crippen molar-refractivity contribution in [1.82, 2.24) is 9.55 Å². The fraction of sp³-hybridized carbons (Fsp3) is 0.0789. The van der Waals surface area contributed by atoms with Gasteiger partial charge in [-0.2, -0.15) is 0 Å². The van der Waals surface area contributed by atoms with E-state index in [9.17, 15) is 0 Å². The van der Waals surface area contributed by atoms with Gasteiger partial charge in [0.05, 0.1) is 28.1 Å². The lowest BCUT2D eigenvalue weighted by atomic mass is 9.81. The average molecular weight is 513 g/mol. The molecule has 2 heterocycles. The van der Waals surface area contributed by atoms with Crippen molar-refractivity contribution in [3.8, 4) is 39.3 Å². The Morgan fingerprint density at radius 2 is 1.15 bits per heavy atom. The van der Waals surface area contributed by atoms with Gasteiger partial charge in [0.2, 0.25) is 0 Å². The van der Waals surface area contributed by atoms with Crippen LogP contribution in [0.5, 0.6) is 0 Å². The first-order valence-electron chi connectivity index (χ1n) is 13.9. The Bertz CT molecular complexity index is 2010. The van der Waals surface area contributed by atoms with E-state index in [-0.39, 0.29) is 5.41 Å². The minimum absolute atomic E-state index is 0.130. The van der Waals surface area contributed by atoms with Crippen LogP contribution >= 0.6 is 0 Å². The third kappa shape index (κ3) is 3.26. The summed E-state index contributed by atoms with van der Waals surface area (Å²) in [7, 11) is 0. The lowest BCUT2D eigenvalue weighted by Crippen LogP contribution is -2.16. The number of pyridine rings is 1. The Labute approximate surface area is 234 Å². The van der Waals surface area contributed by atoms with Gasteiger partial charge < -0.3 is 4.57 Å². The molecule has 0 amide bonds. The molecule has 40 heavy (non-hydrogen) atoms. The van der Waals surface area contributed by atoms with Crippen molar-refractivity contribution < 1.29 is 0 Å². The summed E-state index contributed by atoms with van der Waals surface area (Å²) in [5.41, 5.74) is 13.1. The molecule has 0 bridgehead atoms. The van der Waals surface area contributed by atoms with Gasteiger partial charge in [0.1, 0.15) is 0 Å². The van der Waals surface area contributed by atoms with E-state index in [1.54, 1.807) is 0 Å². The topological polar surface area (TPSA) is 17.8 Å². The zero-order chi connectivity index (χ0) is 26.8. The van der Waals surface area contributed by atoms with Gasteiger partial charge in [-0.05, 0) is 40.5 Å². The molecule has 190 valence electrons. The Hall–Kier alpha value is -4.95. The van der Waals surface area contributed by atoms with Crippen molar-refractivity contribution in [3.05, 3.63) is 145 Å². The fourth-order valence-electron chi connectivity index (χ4n) is 6.74. The quantitative estimate of drug-likeness (QED) is 0.230. The Kier molecular flexibility index (Phi) is 4.90. The van der Waals surface area contributed by atoms with Crippen molar-refractivity contribution in [3.63, 3.8) is 0 Å². The summed E-state index contributed by atoms with van der Waals surface area (Å²) >= 11 is 0. The minimum Gasteiger partial charge on any atom is -0.309 e. The Morgan fingerprint density at radius 1 is 0.550 bits per heavy atom. The molecule has 0 saturated carbocycles. The second-order valence-corrected chi connectivity index (χ2v) is 11.2. The van der Waals surface area contributed by atoms with Crippen LogP contribution in [-0.4, -0.2) is 9.55 Å². The van der Waals surface area contributed by atoms with Gasteiger partial charge >= 0.3 is 0 Å². The van der Waals surface area contributed by atoms with Crippen LogP contribution in [0.1, 0.15) is 25.0 Å². The minimum atomic E-state index is -0.130. The van der Waals surface area contributed by atoms with E-state index in [4.69, 9.17) is 4.98 Å². The molecule has 0 radical (unpaired) electrons. The highest BCUT2D eigenvalue weighted by Gasteiger charge is 2.38. The Balaban J connectivity index is 1.51. The van der Waals surface area contributed by atoms with Gasteiger partial charge in [-0.3, -0.25) is 0 Å². The highest BCUT2D eigenvalue weighted by atomic mass is 15.0. The summed E-state index contributed by atoms with van der Waals surface area (Å²) in [6.07, 6.45) is 0. The van der Waals surface area contributed by atoms with Crippen LogP contribution in [0.15, 0.2) is 133 Å². The van der Waals surface area contributed by atoms with E-state index in [2.05, 4.69) is 152 Å². The number of aromatic nitrogens is 2. The zero-order valence-corrected chi connectivity index (χ0v) is 22.6. The van der Waals surface area contributed by atoms with Crippen LogP contribution in [0.3, 0.4) is 0 Å². The molecule has 0 atom stereocenters. The number of fused-ring (bicyclic) bond motifs is 7. The number of rotatable bonds is 3. The summed E-state index contributed by atoms with van der Waals surface area (Å²) in [5, 5.41) is 2.56. The lowest BCUT2D eigenvalue weighted by molar-refractivity contribution is 0.664. The summed E-state index contributed by atoms with van der Waals surface area (Å²) < 4.78 is 2.48. The maximum atomic E-state index is 5.16. The summed E-state index contributed by atoms with van der Waals surface area (Å²) in [6.45, 7) is 4.74. The molecule has 1 aliphatic carbocycles. The average Bonchev–Trinajstić information content (AvgIpc) is 3.47. The van der Waals surface area contributed by atoms with Crippen LogP contribution in [0.4, 0.5) is 0 Å². The second-order valence-electron chi connectivity index (χ2n) is 11.2. The van der Waals surface area contributed by atoms with Gasteiger partial charge in [0.25, 0.3) is 0 Å². The number of para-hydroxylation sites is 1. The Morgan fingerprint density at radius 3 is 1.85 bits per heavy atom. The molecular formula is C38H28N2. The second kappa shape index (κ2) is 8.53.